The molecule has 0 radical (unpaired) electrons. The highest BCUT2D eigenvalue weighted by atomic mass is 33.1. The zero-order chi connectivity index (χ0) is 24.6. The van der Waals surface area contributed by atoms with E-state index in [0.29, 0.717) is 24.7 Å². The van der Waals surface area contributed by atoms with Crippen molar-refractivity contribution in [3.05, 3.63) is 47.6 Å². The van der Waals surface area contributed by atoms with Gasteiger partial charge in [0.1, 0.15) is 5.84 Å². The molecular formula is C26H35N5OS3. The summed E-state index contributed by atoms with van der Waals surface area (Å²) in [5.41, 5.74) is 16.1. The van der Waals surface area contributed by atoms with Crippen LogP contribution in [0.1, 0.15) is 44.1 Å². The van der Waals surface area contributed by atoms with Gasteiger partial charge < -0.3 is 21.3 Å². The van der Waals surface area contributed by atoms with E-state index < -0.39 is 0 Å². The third kappa shape index (κ3) is 7.12. The van der Waals surface area contributed by atoms with Crippen LogP contribution in [0.4, 0.5) is 11.4 Å². The van der Waals surface area contributed by atoms with Crippen LogP contribution in [0.15, 0.2) is 47.0 Å². The van der Waals surface area contributed by atoms with Crippen molar-refractivity contribution in [3.8, 4) is 0 Å². The second-order valence-electron chi connectivity index (χ2n) is 9.09. The van der Waals surface area contributed by atoms with Crippen molar-refractivity contribution in [3.63, 3.8) is 0 Å². The molecule has 35 heavy (non-hydrogen) atoms. The van der Waals surface area contributed by atoms with Gasteiger partial charge in [0.2, 0.25) is 5.91 Å². The van der Waals surface area contributed by atoms with Gasteiger partial charge in [0.15, 0.2) is 0 Å². The molecule has 1 amide bonds. The first kappa shape index (κ1) is 26.3. The van der Waals surface area contributed by atoms with E-state index in [2.05, 4.69) is 16.0 Å². The number of carbonyl (C=O) groups is 1. The van der Waals surface area contributed by atoms with Gasteiger partial charge in [-0.25, -0.2) is 4.99 Å². The number of anilines is 1. The summed E-state index contributed by atoms with van der Waals surface area (Å²) in [6.07, 6.45) is 12.0. The Balaban J connectivity index is 1.29. The van der Waals surface area contributed by atoms with E-state index in [0.717, 1.165) is 78.1 Å². The highest BCUT2D eigenvalue weighted by molar-refractivity contribution is 8.77. The molecular weight excluding hydrogens is 495 g/mol. The summed E-state index contributed by atoms with van der Waals surface area (Å²) in [4.78, 5) is 22.4. The number of hydrogen-bond donors (Lipinski definition) is 2. The largest absolute Gasteiger partial charge is 0.383 e. The molecule has 6 nitrogen and oxygen atoms in total. The van der Waals surface area contributed by atoms with Gasteiger partial charge in [0, 0.05) is 72.7 Å². The Morgan fingerprint density at radius 3 is 2.74 bits per heavy atom. The van der Waals surface area contributed by atoms with Crippen LogP contribution >= 0.6 is 33.8 Å². The third-order valence-corrected chi connectivity index (χ3v) is 10.1. The average molecular weight is 530 g/mol. The lowest BCUT2D eigenvalue weighted by molar-refractivity contribution is -0.131. The third-order valence-electron chi connectivity index (χ3n) is 6.68. The van der Waals surface area contributed by atoms with Crippen LogP contribution in [-0.4, -0.2) is 58.7 Å². The van der Waals surface area contributed by atoms with Crippen LogP contribution in [0.5, 0.6) is 0 Å². The summed E-state index contributed by atoms with van der Waals surface area (Å²) >= 11 is 5.42. The van der Waals surface area contributed by atoms with Gasteiger partial charge in [0.05, 0.1) is 5.69 Å². The van der Waals surface area contributed by atoms with Crippen molar-refractivity contribution in [2.75, 3.05) is 36.8 Å². The van der Waals surface area contributed by atoms with Gasteiger partial charge in [-0.3, -0.25) is 4.79 Å². The number of unbranched alkanes of at least 4 members (excludes halogenated alkanes) is 1. The monoisotopic (exact) mass is 529 g/mol. The Kier molecular flexibility index (Phi) is 9.71. The lowest BCUT2D eigenvalue weighted by Crippen LogP contribution is -2.49. The van der Waals surface area contributed by atoms with E-state index in [4.69, 9.17) is 23.7 Å². The molecule has 188 valence electrons. The first-order valence-electron chi connectivity index (χ1n) is 12.4. The van der Waals surface area contributed by atoms with Crippen LogP contribution < -0.4 is 16.4 Å². The number of amides is 1. The number of nitrogens with zero attached hydrogens (tertiary/aromatic N) is 3. The number of benzene rings is 1. The van der Waals surface area contributed by atoms with Gasteiger partial charge in [0.25, 0.3) is 0 Å². The zero-order valence-electron chi connectivity index (χ0n) is 20.2. The van der Waals surface area contributed by atoms with E-state index in [1.807, 2.05) is 56.8 Å². The Hall–Kier alpha value is -1.81. The standard InChI is InChI=1S/C26H35N5OS3/c27-18-19-17-20(29-26(28)22-6-2-3-7-24(22)33)9-10-23(19)30-12-14-31(15-13-30)25(32)8-4-1-5-21-11-16-34-35-21/h2-3,6,9-10,17,21H,1,4-5,7-8,11-16,18,27H2,(H2,28,29). The molecule has 1 aromatic carbocycles. The molecule has 1 aliphatic carbocycles. The predicted octanol–water partition coefficient (Wildman–Crippen LogP) is 4.75. The van der Waals surface area contributed by atoms with Crippen LogP contribution in [0.25, 0.3) is 0 Å². The van der Waals surface area contributed by atoms with E-state index in [1.165, 1.54) is 18.6 Å². The smallest absolute Gasteiger partial charge is 0.222 e. The van der Waals surface area contributed by atoms with E-state index in [9.17, 15) is 4.79 Å². The summed E-state index contributed by atoms with van der Waals surface area (Å²) in [7, 11) is 4.01. The van der Waals surface area contributed by atoms with Crippen molar-refractivity contribution in [1.29, 1.82) is 0 Å². The molecule has 1 unspecified atom stereocenters. The number of nitrogens with two attached hydrogens (primary N) is 2. The molecule has 0 aromatic heterocycles. The molecule has 0 bridgehead atoms. The number of thiocarbonyl (C=S) groups is 1. The molecule has 0 saturated carbocycles. The normalized spacial score (nSPS) is 20.9. The number of hydrogen-bond acceptors (Lipinski definition) is 7. The number of rotatable bonds is 9. The maximum Gasteiger partial charge on any atom is 0.222 e. The molecule has 0 spiro atoms. The van der Waals surface area contributed by atoms with Crippen molar-refractivity contribution < 1.29 is 4.79 Å². The quantitative estimate of drug-likeness (QED) is 0.157. The molecule has 9 heteroatoms. The van der Waals surface area contributed by atoms with Crippen LogP contribution in [0.2, 0.25) is 0 Å². The molecule has 2 aliphatic heterocycles. The van der Waals surface area contributed by atoms with Gasteiger partial charge in [-0.05, 0) is 43.0 Å². The number of amidine groups is 1. The number of carbonyl (C=O) groups excluding carboxylic acids is 1. The molecule has 1 aromatic rings. The van der Waals surface area contributed by atoms with Crippen LogP contribution in [0, 0.1) is 0 Å². The fraction of sp³-hybridized carbons (Fsp3) is 0.500. The highest BCUT2D eigenvalue weighted by Crippen LogP contribution is 2.40. The summed E-state index contributed by atoms with van der Waals surface area (Å²) in [6.45, 7) is 3.55. The van der Waals surface area contributed by atoms with E-state index in [-0.39, 0.29) is 0 Å². The number of allylic oxidation sites excluding steroid dienone is 3. The number of aliphatic imine (C=N–C) groups is 1. The molecule has 2 saturated heterocycles. The molecule has 2 heterocycles. The maximum atomic E-state index is 12.7. The average Bonchev–Trinajstić information content (AvgIpc) is 3.40. The summed E-state index contributed by atoms with van der Waals surface area (Å²) < 4.78 is 0. The van der Waals surface area contributed by atoms with E-state index >= 15 is 0 Å². The first-order valence-corrected chi connectivity index (χ1v) is 15.2. The van der Waals surface area contributed by atoms with Crippen molar-refractivity contribution in [2.24, 2.45) is 16.5 Å². The minimum Gasteiger partial charge on any atom is -0.383 e. The molecule has 2 fully saturated rings. The lowest BCUT2D eigenvalue weighted by atomic mass is 10.0. The Morgan fingerprint density at radius 2 is 2.03 bits per heavy atom. The second-order valence-corrected chi connectivity index (χ2v) is 12.4. The molecule has 4 rings (SSSR count). The molecule has 1 atom stereocenters. The zero-order valence-corrected chi connectivity index (χ0v) is 22.6. The predicted molar refractivity (Wildman–Crippen MR) is 156 cm³/mol. The van der Waals surface area contributed by atoms with Gasteiger partial charge in [-0.2, -0.15) is 0 Å². The lowest BCUT2D eigenvalue weighted by Gasteiger charge is -2.37. The Labute approximate surface area is 222 Å². The Bertz CT molecular complexity index is 1010. The number of piperazine rings is 1. The van der Waals surface area contributed by atoms with Crippen molar-refractivity contribution >= 4 is 61.8 Å². The van der Waals surface area contributed by atoms with Crippen LogP contribution in [0.3, 0.4) is 0 Å². The summed E-state index contributed by atoms with van der Waals surface area (Å²) in [6, 6.07) is 6.05. The minimum absolute atomic E-state index is 0.294. The van der Waals surface area contributed by atoms with Gasteiger partial charge >= 0.3 is 0 Å². The second kappa shape index (κ2) is 12.9. The summed E-state index contributed by atoms with van der Waals surface area (Å²) in [5.74, 6) is 2.00. The van der Waals surface area contributed by atoms with Crippen molar-refractivity contribution in [1.82, 2.24) is 4.90 Å². The van der Waals surface area contributed by atoms with E-state index in [1.54, 1.807) is 0 Å². The highest BCUT2D eigenvalue weighted by Gasteiger charge is 2.23. The Morgan fingerprint density at radius 1 is 1.20 bits per heavy atom. The van der Waals surface area contributed by atoms with Crippen LogP contribution in [-0.2, 0) is 11.3 Å². The van der Waals surface area contributed by atoms with Gasteiger partial charge in [-0.1, -0.05) is 58.5 Å². The van der Waals surface area contributed by atoms with Crippen molar-refractivity contribution in [2.45, 2.75) is 50.3 Å². The fourth-order valence-corrected chi connectivity index (χ4v) is 7.95. The molecule has 3 aliphatic rings. The molecule has 4 N–H and O–H groups in total. The first-order chi connectivity index (χ1) is 17.0. The summed E-state index contributed by atoms with van der Waals surface area (Å²) in [5, 5.41) is 0.794. The minimum atomic E-state index is 0.294. The topological polar surface area (TPSA) is 87.9 Å². The maximum absolute atomic E-state index is 12.7. The SMILES string of the molecule is NCc1cc(N=C(N)C2=CC=CCC2=S)ccc1N1CCN(C(=O)CCCCC2CCSS2)CC1. The van der Waals surface area contributed by atoms with Gasteiger partial charge in [-0.15, -0.1) is 0 Å². The fourth-order valence-electron chi connectivity index (χ4n) is 4.65.